The van der Waals surface area contributed by atoms with Crippen molar-refractivity contribution in [2.24, 2.45) is 5.92 Å². The molecule has 0 fully saturated rings. The van der Waals surface area contributed by atoms with Crippen molar-refractivity contribution in [2.45, 2.75) is 38.1 Å². The van der Waals surface area contributed by atoms with Crippen LogP contribution in [0.5, 0.6) is 0 Å². The van der Waals surface area contributed by atoms with E-state index in [0.29, 0.717) is 17.5 Å². The van der Waals surface area contributed by atoms with Gasteiger partial charge in [0.25, 0.3) is 0 Å². The smallest absolute Gasteiger partial charge is 0.322 e. The van der Waals surface area contributed by atoms with Gasteiger partial charge in [0.15, 0.2) is 0 Å². The van der Waals surface area contributed by atoms with Crippen LogP contribution in [0.15, 0.2) is 23.1 Å². The second kappa shape index (κ2) is 6.70. The predicted octanol–water partition coefficient (Wildman–Crippen LogP) is 1.64. The zero-order valence-electron chi connectivity index (χ0n) is 12.1. The van der Waals surface area contributed by atoms with Gasteiger partial charge in [0.2, 0.25) is 10.0 Å². The largest absolute Gasteiger partial charge is 0.480 e. The van der Waals surface area contributed by atoms with Gasteiger partial charge in [0.05, 0.1) is 16.5 Å². The number of aliphatic carboxylic acids is 1. The number of carboxylic acid groups (broad SMARTS) is 1. The van der Waals surface area contributed by atoms with Gasteiger partial charge in [-0.25, -0.2) is 8.42 Å². The molecule has 6 nitrogen and oxygen atoms in total. The van der Waals surface area contributed by atoms with Gasteiger partial charge in [0.1, 0.15) is 6.04 Å². The molecule has 2 unspecified atom stereocenters. The fourth-order valence-electron chi connectivity index (χ4n) is 1.90. The Balaban J connectivity index is 3.17. The average molecular weight is 310 g/mol. The summed E-state index contributed by atoms with van der Waals surface area (Å²) >= 11 is 0. The summed E-state index contributed by atoms with van der Waals surface area (Å²) in [6.45, 7) is 5.03. The van der Waals surface area contributed by atoms with Crippen molar-refractivity contribution in [3.63, 3.8) is 0 Å². The fraction of sp³-hybridized carbons (Fsp3) is 0.429. The maximum Gasteiger partial charge on any atom is 0.322 e. The lowest BCUT2D eigenvalue weighted by atomic mass is 10.0. The Bertz CT molecular complexity index is 677. The van der Waals surface area contributed by atoms with Crippen LogP contribution >= 0.6 is 0 Å². The Morgan fingerprint density at radius 3 is 2.52 bits per heavy atom. The SMILES string of the molecule is CCC(C)C(NS(=O)(=O)c1ccc(C#N)cc1C)C(=O)O. The Labute approximate surface area is 124 Å². The topological polar surface area (TPSA) is 107 Å². The molecule has 0 spiro atoms. The summed E-state index contributed by atoms with van der Waals surface area (Å²) in [4.78, 5) is 11.2. The number of carboxylic acids is 1. The van der Waals surface area contributed by atoms with Gasteiger partial charge in [-0.15, -0.1) is 0 Å². The zero-order chi connectivity index (χ0) is 16.2. The molecule has 0 aliphatic rings. The summed E-state index contributed by atoms with van der Waals surface area (Å²) in [6, 6.07) is 4.89. The predicted molar refractivity (Wildman–Crippen MR) is 77.1 cm³/mol. The normalized spacial score (nSPS) is 14.2. The van der Waals surface area contributed by atoms with E-state index in [4.69, 9.17) is 10.4 Å². The van der Waals surface area contributed by atoms with E-state index in [1.807, 2.05) is 6.07 Å². The van der Waals surface area contributed by atoms with Crippen molar-refractivity contribution in [1.29, 1.82) is 5.26 Å². The number of nitriles is 1. The molecule has 1 aromatic carbocycles. The molecular formula is C14H18N2O4S. The van der Waals surface area contributed by atoms with Crippen LogP contribution in [0.2, 0.25) is 0 Å². The molecule has 0 aromatic heterocycles. The second-order valence-electron chi connectivity index (χ2n) is 4.91. The number of rotatable bonds is 6. The Morgan fingerprint density at radius 1 is 1.48 bits per heavy atom. The maximum absolute atomic E-state index is 12.3. The maximum atomic E-state index is 12.3. The van der Waals surface area contributed by atoms with Crippen LogP contribution in [0.4, 0.5) is 0 Å². The number of aryl methyl sites for hydroxylation is 1. The highest BCUT2D eigenvalue weighted by molar-refractivity contribution is 7.89. The molecule has 2 N–H and O–H groups in total. The van der Waals surface area contributed by atoms with E-state index in [1.165, 1.54) is 18.2 Å². The molecule has 0 saturated carbocycles. The summed E-state index contributed by atoms with van der Waals surface area (Å²) in [7, 11) is -3.96. The first-order chi connectivity index (χ1) is 9.72. The third-order valence-corrected chi connectivity index (χ3v) is 4.96. The number of benzene rings is 1. The third-order valence-electron chi connectivity index (χ3n) is 3.35. The van der Waals surface area contributed by atoms with Crippen LogP contribution in [0.3, 0.4) is 0 Å². The molecule has 1 aromatic rings. The van der Waals surface area contributed by atoms with Crippen LogP contribution in [0.25, 0.3) is 0 Å². The van der Waals surface area contributed by atoms with Crippen molar-refractivity contribution >= 4 is 16.0 Å². The minimum atomic E-state index is -3.96. The number of nitrogens with zero attached hydrogens (tertiary/aromatic N) is 1. The molecule has 114 valence electrons. The molecular weight excluding hydrogens is 292 g/mol. The number of hydrogen-bond acceptors (Lipinski definition) is 4. The number of nitrogens with one attached hydrogen (secondary N) is 1. The van der Waals surface area contributed by atoms with Crippen LogP contribution in [-0.2, 0) is 14.8 Å². The first kappa shape index (κ1) is 17.1. The van der Waals surface area contributed by atoms with Crippen LogP contribution < -0.4 is 4.72 Å². The molecule has 1 rings (SSSR count). The van der Waals surface area contributed by atoms with E-state index in [-0.39, 0.29) is 10.8 Å². The van der Waals surface area contributed by atoms with Gasteiger partial charge in [-0.1, -0.05) is 20.3 Å². The lowest BCUT2D eigenvalue weighted by Crippen LogP contribution is -2.45. The van der Waals surface area contributed by atoms with Crippen molar-refractivity contribution in [2.75, 3.05) is 0 Å². The van der Waals surface area contributed by atoms with Gasteiger partial charge in [-0.3, -0.25) is 4.79 Å². The van der Waals surface area contributed by atoms with Crippen molar-refractivity contribution in [3.8, 4) is 6.07 Å². The monoisotopic (exact) mass is 310 g/mol. The van der Waals surface area contributed by atoms with E-state index >= 15 is 0 Å². The van der Waals surface area contributed by atoms with Gasteiger partial charge in [0, 0.05) is 0 Å². The van der Waals surface area contributed by atoms with Gasteiger partial charge in [-0.2, -0.15) is 9.98 Å². The first-order valence-electron chi connectivity index (χ1n) is 6.48. The molecule has 0 radical (unpaired) electrons. The first-order valence-corrected chi connectivity index (χ1v) is 7.97. The molecule has 0 amide bonds. The van der Waals surface area contributed by atoms with E-state index in [2.05, 4.69) is 4.72 Å². The summed E-state index contributed by atoms with van der Waals surface area (Å²) in [5, 5.41) is 18.0. The Hall–Kier alpha value is -1.91. The number of hydrogen-bond donors (Lipinski definition) is 2. The van der Waals surface area contributed by atoms with E-state index < -0.39 is 22.0 Å². The molecule has 2 atom stereocenters. The zero-order valence-corrected chi connectivity index (χ0v) is 12.9. The highest BCUT2D eigenvalue weighted by Gasteiger charge is 2.30. The van der Waals surface area contributed by atoms with E-state index in [1.54, 1.807) is 20.8 Å². The van der Waals surface area contributed by atoms with E-state index in [9.17, 15) is 13.2 Å². The summed E-state index contributed by atoms with van der Waals surface area (Å²) in [5.74, 6) is -1.55. The Kier molecular flexibility index (Phi) is 5.47. The van der Waals surface area contributed by atoms with E-state index in [0.717, 1.165) is 0 Å². The van der Waals surface area contributed by atoms with Crippen LogP contribution in [0, 0.1) is 24.2 Å². The van der Waals surface area contributed by atoms with Crippen LogP contribution in [-0.4, -0.2) is 25.5 Å². The molecule has 0 aliphatic heterocycles. The van der Waals surface area contributed by atoms with Gasteiger partial charge < -0.3 is 5.11 Å². The lowest BCUT2D eigenvalue weighted by Gasteiger charge is -2.20. The van der Waals surface area contributed by atoms with Gasteiger partial charge >= 0.3 is 5.97 Å². The van der Waals surface area contributed by atoms with Crippen molar-refractivity contribution in [3.05, 3.63) is 29.3 Å². The minimum Gasteiger partial charge on any atom is -0.480 e. The summed E-state index contributed by atoms with van der Waals surface area (Å²) < 4.78 is 26.9. The summed E-state index contributed by atoms with van der Waals surface area (Å²) in [5.41, 5.74) is 0.748. The lowest BCUT2D eigenvalue weighted by molar-refractivity contribution is -0.140. The highest BCUT2D eigenvalue weighted by Crippen LogP contribution is 2.18. The summed E-state index contributed by atoms with van der Waals surface area (Å²) in [6.07, 6.45) is 0.534. The van der Waals surface area contributed by atoms with Crippen molar-refractivity contribution in [1.82, 2.24) is 4.72 Å². The molecule has 21 heavy (non-hydrogen) atoms. The quantitative estimate of drug-likeness (QED) is 0.830. The molecule has 0 heterocycles. The second-order valence-corrected chi connectivity index (χ2v) is 6.60. The fourth-order valence-corrected chi connectivity index (χ4v) is 3.42. The Morgan fingerprint density at radius 2 is 2.10 bits per heavy atom. The van der Waals surface area contributed by atoms with Gasteiger partial charge in [-0.05, 0) is 36.6 Å². The average Bonchev–Trinajstić information content (AvgIpc) is 2.43. The third kappa shape index (κ3) is 4.03. The van der Waals surface area contributed by atoms with Crippen molar-refractivity contribution < 1.29 is 18.3 Å². The highest BCUT2D eigenvalue weighted by atomic mass is 32.2. The molecule has 7 heteroatoms. The van der Waals surface area contributed by atoms with Crippen LogP contribution in [0.1, 0.15) is 31.4 Å². The molecule has 0 saturated heterocycles. The standard InChI is InChI=1S/C14H18N2O4S/c1-4-9(2)13(14(17)18)16-21(19,20)12-6-5-11(8-15)7-10(12)3/h5-7,9,13,16H,4H2,1-3H3,(H,17,18). The number of sulfonamides is 1. The molecule has 0 aliphatic carbocycles. The molecule has 0 bridgehead atoms. The minimum absolute atomic E-state index is 0.0175. The number of carbonyl (C=O) groups is 1.